The third-order valence-electron chi connectivity index (χ3n) is 2.86. The molecule has 0 unspecified atom stereocenters. The van der Waals surface area contributed by atoms with E-state index in [0.29, 0.717) is 26.2 Å². The van der Waals surface area contributed by atoms with Crippen LogP contribution in [0.5, 0.6) is 0 Å². The number of carbonyl (C=O) groups excluding carboxylic acids is 1. The Morgan fingerprint density at radius 3 is 2.94 bits per heavy atom. The van der Waals surface area contributed by atoms with E-state index in [9.17, 15) is 4.79 Å². The van der Waals surface area contributed by atoms with E-state index in [-0.39, 0.29) is 5.91 Å². The average Bonchev–Trinajstić information content (AvgIpc) is 2.32. The molecule has 1 heterocycles. The minimum absolute atomic E-state index is 0.0750. The number of nitrogens with zero attached hydrogens (tertiary/aromatic N) is 1. The van der Waals surface area contributed by atoms with Gasteiger partial charge in [0, 0.05) is 31.2 Å². The van der Waals surface area contributed by atoms with Gasteiger partial charge in [0.25, 0.3) is 0 Å². The smallest absolute Gasteiger partial charge is 0.234 e. The molecule has 4 nitrogen and oxygen atoms in total. The first kappa shape index (κ1) is 12.4. The molecular weight excluding hydrogens is 238 g/mol. The standard InChI is InChI=1S/C12H16ClN3O/c13-11-5-9(6-14)1-2-10(11)7-16-4-3-15-12(17)8-16/h1-2,5H,3-4,6-8,14H2,(H,15,17). The number of piperazine rings is 1. The number of nitrogens with two attached hydrogens (primary N) is 1. The number of hydrogen-bond acceptors (Lipinski definition) is 3. The summed E-state index contributed by atoms with van der Waals surface area (Å²) in [5.74, 6) is 0.0750. The van der Waals surface area contributed by atoms with Gasteiger partial charge in [-0.2, -0.15) is 0 Å². The first-order valence-electron chi connectivity index (χ1n) is 5.65. The highest BCUT2D eigenvalue weighted by Gasteiger charge is 2.16. The summed E-state index contributed by atoms with van der Waals surface area (Å²) in [5.41, 5.74) is 7.61. The second-order valence-electron chi connectivity index (χ2n) is 4.19. The van der Waals surface area contributed by atoms with Gasteiger partial charge in [0.05, 0.1) is 6.54 Å². The summed E-state index contributed by atoms with van der Waals surface area (Å²) in [6.45, 7) is 3.20. The molecule has 1 aliphatic rings. The van der Waals surface area contributed by atoms with Crippen molar-refractivity contribution in [3.05, 3.63) is 34.3 Å². The molecule has 0 atom stereocenters. The van der Waals surface area contributed by atoms with Crippen molar-refractivity contribution in [3.63, 3.8) is 0 Å². The van der Waals surface area contributed by atoms with Crippen LogP contribution >= 0.6 is 11.6 Å². The normalized spacial score (nSPS) is 16.9. The Balaban J connectivity index is 2.05. The lowest BCUT2D eigenvalue weighted by atomic mass is 10.1. The van der Waals surface area contributed by atoms with Gasteiger partial charge in [0.1, 0.15) is 0 Å². The van der Waals surface area contributed by atoms with Crippen molar-refractivity contribution < 1.29 is 4.79 Å². The fourth-order valence-corrected chi connectivity index (χ4v) is 2.18. The molecule has 2 rings (SSSR count). The SMILES string of the molecule is NCc1ccc(CN2CCNC(=O)C2)c(Cl)c1. The molecule has 0 aliphatic carbocycles. The lowest BCUT2D eigenvalue weighted by Gasteiger charge is -2.26. The van der Waals surface area contributed by atoms with Gasteiger partial charge in [-0.05, 0) is 17.2 Å². The Labute approximate surface area is 106 Å². The second-order valence-corrected chi connectivity index (χ2v) is 4.60. The van der Waals surface area contributed by atoms with Gasteiger partial charge in [-0.1, -0.05) is 23.7 Å². The Morgan fingerprint density at radius 2 is 2.29 bits per heavy atom. The van der Waals surface area contributed by atoms with Gasteiger partial charge in [-0.25, -0.2) is 0 Å². The molecule has 0 bridgehead atoms. The Kier molecular flexibility index (Phi) is 3.99. The van der Waals surface area contributed by atoms with Crippen molar-refractivity contribution in [2.45, 2.75) is 13.1 Å². The second kappa shape index (κ2) is 5.49. The Hall–Kier alpha value is -1.10. The summed E-state index contributed by atoms with van der Waals surface area (Å²) < 4.78 is 0. The molecule has 92 valence electrons. The molecule has 0 radical (unpaired) electrons. The zero-order valence-corrected chi connectivity index (χ0v) is 10.3. The lowest BCUT2D eigenvalue weighted by molar-refractivity contribution is -0.124. The predicted octanol–water partition coefficient (Wildman–Crippen LogP) is 0.730. The molecule has 1 aromatic carbocycles. The van der Waals surface area contributed by atoms with Gasteiger partial charge in [-0.15, -0.1) is 0 Å². The lowest BCUT2D eigenvalue weighted by Crippen LogP contribution is -2.47. The maximum atomic E-state index is 11.2. The van der Waals surface area contributed by atoms with Crippen LogP contribution in [0.15, 0.2) is 18.2 Å². The van der Waals surface area contributed by atoms with E-state index in [1.807, 2.05) is 18.2 Å². The summed E-state index contributed by atoms with van der Waals surface area (Å²) in [6, 6.07) is 5.85. The summed E-state index contributed by atoms with van der Waals surface area (Å²) in [4.78, 5) is 13.3. The molecule has 17 heavy (non-hydrogen) atoms. The summed E-state index contributed by atoms with van der Waals surface area (Å²) >= 11 is 6.18. The van der Waals surface area contributed by atoms with Crippen molar-refractivity contribution in [2.24, 2.45) is 5.73 Å². The number of carbonyl (C=O) groups is 1. The Bertz CT molecular complexity index is 422. The van der Waals surface area contributed by atoms with E-state index in [1.165, 1.54) is 0 Å². The minimum Gasteiger partial charge on any atom is -0.354 e. The van der Waals surface area contributed by atoms with E-state index >= 15 is 0 Å². The van der Waals surface area contributed by atoms with Crippen molar-refractivity contribution in [1.82, 2.24) is 10.2 Å². The summed E-state index contributed by atoms with van der Waals surface area (Å²) in [5, 5.41) is 3.52. The zero-order valence-electron chi connectivity index (χ0n) is 9.58. The minimum atomic E-state index is 0.0750. The molecule has 3 N–H and O–H groups in total. The van der Waals surface area contributed by atoms with Crippen LogP contribution in [0.25, 0.3) is 0 Å². The number of nitrogens with one attached hydrogen (secondary N) is 1. The van der Waals surface area contributed by atoms with Crippen LogP contribution in [-0.4, -0.2) is 30.4 Å². The highest BCUT2D eigenvalue weighted by molar-refractivity contribution is 6.31. The fourth-order valence-electron chi connectivity index (χ4n) is 1.91. The van der Waals surface area contributed by atoms with Gasteiger partial charge in [0.2, 0.25) is 5.91 Å². The monoisotopic (exact) mass is 253 g/mol. The maximum Gasteiger partial charge on any atom is 0.234 e. The fraction of sp³-hybridized carbons (Fsp3) is 0.417. The van der Waals surface area contributed by atoms with E-state index in [0.717, 1.165) is 22.7 Å². The quantitative estimate of drug-likeness (QED) is 0.835. The van der Waals surface area contributed by atoms with E-state index in [4.69, 9.17) is 17.3 Å². The third-order valence-corrected chi connectivity index (χ3v) is 3.22. The molecule has 1 aliphatic heterocycles. The van der Waals surface area contributed by atoms with Gasteiger partial charge >= 0.3 is 0 Å². The van der Waals surface area contributed by atoms with Crippen LogP contribution in [0.3, 0.4) is 0 Å². The summed E-state index contributed by atoms with van der Waals surface area (Å²) in [6.07, 6.45) is 0. The number of rotatable bonds is 3. The van der Waals surface area contributed by atoms with Crippen LogP contribution in [0, 0.1) is 0 Å². The van der Waals surface area contributed by atoms with Crippen molar-refractivity contribution >= 4 is 17.5 Å². The third kappa shape index (κ3) is 3.19. The number of benzene rings is 1. The molecule has 1 saturated heterocycles. The molecule has 1 fully saturated rings. The molecular formula is C12H16ClN3O. The number of hydrogen-bond donors (Lipinski definition) is 2. The predicted molar refractivity (Wildman–Crippen MR) is 67.6 cm³/mol. The van der Waals surface area contributed by atoms with Crippen molar-refractivity contribution in [2.75, 3.05) is 19.6 Å². The zero-order chi connectivity index (χ0) is 12.3. The maximum absolute atomic E-state index is 11.2. The molecule has 1 amide bonds. The highest BCUT2D eigenvalue weighted by atomic mass is 35.5. The van der Waals surface area contributed by atoms with Crippen LogP contribution in [0.1, 0.15) is 11.1 Å². The Morgan fingerprint density at radius 1 is 1.47 bits per heavy atom. The van der Waals surface area contributed by atoms with Crippen molar-refractivity contribution in [1.29, 1.82) is 0 Å². The molecule has 1 aromatic rings. The molecule has 5 heteroatoms. The average molecular weight is 254 g/mol. The molecule has 0 spiro atoms. The van der Waals surface area contributed by atoms with Gasteiger partial charge in [0.15, 0.2) is 0 Å². The van der Waals surface area contributed by atoms with Crippen molar-refractivity contribution in [3.8, 4) is 0 Å². The van der Waals surface area contributed by atoms with E-state index < -0.39 is 0 Å². The highest BCUT2D eigenvalue weighted by Crippen LogP contribution is 2.19. The summed E-state index contributed by atoms with van der Waals surface area (Å²) in [7, 11) is 0. The van der Waals surface area contributed by atoms with E-state index in [2.05, 4.69) is 10.2 Å². The van der Waals surface area contributed by atoms with E-state index in [1.54, 1.807) is 0 Å². The number of amides is 1. The molecule has 0 aromatic heterocycles. The number of halogens is 1. The first-order valence-corrected chi connectivity index (χ1v) is 6.03. The van der Waals surface area contributed by atoms with Crippen LogP contribution in [-0.2, 0) is 17.9 Å². The largest absolute Gasteiger partial charge is 0.354 e. The topological polar surface area (TPSA) is 58.4 Å². The van der Waals surface area contributed by atoms with Gasteiger partial charge < -0.3 is 11.1 Å². The molecule has 0 saturated carbocycles. The van der Waals surface area contributed by atoms with Gasteiger partial charge in [-0.3, -0.25) is 9.69 Å². The van der Waals surface area contributed by atoms with Crippen LogP contribution < -0.4 is 11.1 Å². The first-order chi connectivity index (χ1) is 8.19. The van der Waals surface area contributed by atoms with Crippen LogP contribution in [0.4, 0.5) is 0 Å². The van der Waals surface area contributed by atoms with Crippen LogP contribution in [0.2, 0.25) is 5.02 Å².